The quantitative estimate of drug-likeness (QED) is 0.683. The number of aromatic nitrogens is 1. The summed E-state index contributed by atoms with van der Waals surface area (Å²) in [6.07, 6.45) is 5.57. The van der Waals surface area contributed by atoms with Gasteiger partial charge in [-0.05, 0) is 50.0 Å². The van der Waals surface area contributed by atoms with Crippen LogP contribution in [-0.4, -0.2) is 53.0 Å². The predicted molar refractivity (Wildman–Crippen MR) is 89.1 cm³/mol. The molecule has 1 amide bonds. The smallest absolute Gasteiger partial charge is 0.326 e. The Morgan fingerprint density at radius 1 is 1.26 bits per heavy atom. The molecule has 1 aromatic rings. The first-order valence-electron chi connectivity index (χ1n) is 7.99. The van der Waals surface area contributed by atoms with E-state index in [4.69, 9.17) is 5.11 Å². The molecule has 6 heteroatoms. The number of hydrogen-bond donors (Lipinski definition) is 2. The molecule has 1 atom stereocenters. The lowest BCUT2D eigenvalue weighted by Crippen LogP contribution is -2.44. The summed E-state index contributed by atoms with van der Waals surface area (Å²) in [6.45, 7) is 5.28. The number of likely N-dealkylation sites (N-methyl/N-ethyl adjacent to an activating group) is 1. The minimum absolute atomic E-state index is 0.125. The topological polar surface area (TPSA) is 82.5 Å². The van der Waals surface area contributed by atoms with Gasteiger partial charge in [-0.25, -0.2) is 4.79 Å². The van der Waals surface area contributed by atoms with E-state index in [9.17, 15) is 9.59 Å². The summed E-state index contributed by atoms with van der Waals surface area (Å²) in [5.74, 6) is -1.31. The molecule has 0 radical (unpaired) electrons. The Balaban J connectivity index is 2.22. The van der Waals surface area contributed by atoms with Crippen molar-refractivity contribution in [2.75, 3.05) is 20.1 Å². The first-order chi connectivity index (χ1) is 10.9. The number of rotatable bonds is 10. The molecule has 1 unspecified atom stereocenters. The van der Waals surface area contributed by atoms with Crippen LogP contribution >= 0.6 is 0 Å². The molecule has 0 aliphatic heterocycles. The Morgan fingerprint density at radius 2 is 1.91 bits per heavy atom. The van der Waals surface area contributed by atoms with E-state index in [0.29, 0.717) is 12.8 Å². The van der Waals surface area contributed by atoms with Gasteiger partial charge >= 0.3 is 5.97 Å². The van der Waals surface area contributed by atoms with Crippen molar-refractivity contribution in [1.82, 2.24) is 15.2 Å². The zero-order chi connectivity index (χ0) is 17.2. The second-order valence-electron chi connectivity index (χ2n) is 6.14. The summed E-state index contributed by atoms with van der Waals surface area (Å²) < 4.78 is 0. The molecule has 2 N–H and O–H groups in total. The zero-order valence-electron chi connectivity index (χ0n) is 14.2. The molecule has 0 saturated heterocycles. The van der Waals surface area contributed by atoms with Gasteiger partial charge in [0.25, 0.3) is 0 Å². The SMILES string of the molecule is CC(C)C(NC(=O)CCCN(C)CCc1ccncc1)C(=O)O. The number of hydrogen-bond acceptors (Lipinski definition) is 4. The van der Waals surface area contributed by atoms with Crippen LogP contribution in [0.15, 0.2) is 24.5 Å². The van der Waals surface area contributed by atoms with Crippen LogP contribution in [0.5, 0.6) is 0 Å². The number of nitrogens with zero attached hydrogens (tertiary/aromatic N) is 2. The van der Waals surface area contributed by atoms with E-state index in [-0.39, 0.29) is 11.8 Å². The highest BCUT2D eigenvalue weighted by Crippen LogP contribution is 2.04. The summed E-state index contributed by atoms with van der Waals surface area (Å²) in [5.41, 5.74) is 1.24. The third kappa shape index (κ3) is 7.74. The molecule has 0 saturated carbocycles. The summed E-state index contributed by atoms with van der Waals surface area (Å²) in [4.78, 5) is 29.0. The minimum Gasteiger partial charge on any atom is -0.480 e. The van der Waals surface area contributed by atoms with E-state index >= 15 is 0 Å². The molecule has 0 aliphatic rings. The fourth-order valence-corrected chi connectivity index (χ4v) is 2.25. The molecular weight excluding hydrogens is 294 g/mol. The Labute approximate surface area is 137 Å². The van der Waals surface area contributed by atoms with Crippen molar-refractivity contribution in [1.29, 1.82) is 0 Å². The normalized spacial score (nSPS) is 12.4. The van der Waals surface area contributed by atoms with Gasteiger partial charge in [0.05, 0.1) is 0 Å². The van der Waals surface area contributed by atoms with Gasteiger partial charge < -0.3 is 15.3 Å². The van der Waals surface area contributed by atoms with Crippen molar-refractivity contribution >= 4 is 11.9 Å². The highest BCUT2D eigenvalue weighted by atomic mass is 16.4. The van der Waals surface area contributed by atoms with Gasteiger partial charge in [0.15, 0.2) is 0 Å². The summed E-state index contributed by atoms with van der Waals surface area (Å²) in [6, 6.07) is 3.19. The average molecular weight is 321 g/mol. The maximum atomic E-state index is 11.8. The maximum absolute atomic E-state index is 11.8. The van der Waals surface area contributed by atoms with Crippen molar-refractivity contribution in [3.05, 3.63) is 30.1 Å². The average Bonchev–Trinajstić information content (AvgIpc) is 2.51. The molecule has 1 rings (SSSR count). The second-order valence-corrected chi connectivity index (χ2v) is 6.14. The van der Waals surface area contributed by atoms with Gasteiger partial charge in [-0.2, -0.15) is 0 Å². The highest BCUT2D eigenvalue weighted by Gasteiger charge is 2.22. The first-order valence-corrected chi connectivity index (χ1v) is 7.99. The number of carboxylic acid groups (broad SMARTS) is 1. The van der Waals surface area contributed by atoms with Gasteiger partial charge in [-0.15, -0.1) is 0 Å². The molecule has 0 aliphatic carbocycles. The molecule has 0 spiro atoms. The van der Waals surface area contributed by atoms with Crippen molar-refractivity contribution in [2.24, 2.45) is 5.92 Å². The van der Waals surface area contributed by atoms with E-state index in [2.05, 4.69) is 15.2 Å². The molecule has 0 fully saturated rings. The van der Waals surface area contributed by atoms with Gasteiger partial charge in [-0.1, -0.05) is 13.8 Å². The molecule has 0 aromatic carbocycles. The lowest BCUT2D eigenvalue weighted by atomic mass is 10.0. The van der Waals surface area contributed by atoms with Crippen LogP contribution in [0.1, 0.15) is 32.3 Å². The summed E-state index contributed by atoms with van der Waals surface area (Å²) in [5, 5.41) is 11.6. The van der Waals surface area contributed by atoms with Crippen LogP contribution in [0.2, 0.25) is 0 Å². The standard InChI is InChI=1S/C17H27N3O3/c1-13(2)16(17(22)23)19-15(21)5-4-11-20(3)12-8-14-6-9-18-10-7-14/h6-7,9-10,13,16H,4-5,8,11-12H2,1-3H3,(H,19,21)(H,22,23). The van der Waals surface area contributed by atoms with Gasteiger partial charge in [0.1, 0.15) is 6.04 Å². The molecule has 1 aromatic heterocycles. The van der Waals surface area contributed by atoms with Crippen LogP contribution in [0.25, 0.3) is 0 Å². The van der Waals surface area contributed by atoms with Crippen molar-refractivity contribution in [2.45, 2.75) is 39.2 Å². The largest absolute Gasteiger partial charge is 0.480 e. The van der Waals surface area contributed by atoms with Crippen molar-refractivity contribution in [3.8, 4) is 0 Å². The number of carboxylic acids is 1. The number of carbonyl (C=O) groups excluding carboxylic acids is 1. The summed E-state index contributed by atoms with van der Waals surface area (Å²) >= 11 is 0. The monoisotopic (exact) mass is 321 g/mol. The lowest BCUT2D eigenvalue weighted by molar-refractivity contribution is -0.143. The van der Waals surface area contributed by atoms with Gasteiger partial charge in [0, 0.05) is 25.4 Å². The Hall–Kier alpha value is -1.95. The number of pyridine rings is 1. The number of amides is 1. The Morgan fingerprint density at radius 3 is 2.48 bits per heavy atom. The van der Waals surface area contributed by atoms with E-state index in [1.165, 1.54) is 5.56 Å². The third-order valence-corrected chi connectivity index (χ3v) is 3.72. The van der Waals surface area contributed by atoms with Crippen LogP contribution in [0, 0.1) is 5.92 Å². The van der Waals surface area contributed by atoms with Crippen molar-refractivity contribution in [3.63, 3.8) is 0 Å². The molecule has 128 valence electrons. The van der Waals surface area contributed by atoms with Crippen molar-refractivity contribution < 1.29 is 14.7 Å². The third-order valence-electron chi connectivity index (χ3n) is 3.72. The fraction of sp³-hybridized carbons (Fsp3) is 0.588. The Bertz CT molecular complexity index is 491. The number of carbonyl (C=O) groups is 2. The molecule has 23 heavy (non-hydrogen) atoms. The van der Waals surface area contributed by atoms with Crippen LogP contribution in [0.4, 0.5) is 0 Å². The number of aliphatic carboxylic acids is 1. The Kier molecular flexibility index (Phi) is 8.26. The van der Waals surface area contributed by atoms with E-state index < -0.39 is 12.0 Å². The molecule has 6 nitrogen and oxygen atoms in total. The maximum Gasteiger partial charge on any atom is 0.326 e. The van der Waals surface area contributed by atoms with Gasteiger partial charge in [0.2, 0.25) is 5.91 Å². The van der Waals surface area contributed by atoms with E-state index in [0.717, 1.165) is 19.5 Å². The zero-order valence-corrected chi connectivity index (χ0v) is 14.2. The predicted octanol–water partition coefficient (Wildman–Crippen LogP) is 1.56. The summed E-state index contributed by atoms with van der Waals surface area (Å²) in [7, 11) is 2.02. The van der Waals surface area contributed by atoms with E-state index in [1.54, 1.807) is 26.2 Å². The molecule has 1 heterocycles. The first kappa shape index (κ1) is 19.1. The van der Waals surface area contributed by atoms with Crippen LogP contribution < -0.4 is 5.32 Å². The minimum atomic E-state index is -0.984. The van der Waals surface area contributed by atoms with Crippen LogP contribution in [0.3, 0.4) is 0 Å². The molecular formula is C17H27N3O3. The van der Waals surface area contributed by atoms with Gasteiger partial charge in [-0.3, -0.25) is 9.78 Å². The van der Waals surface area contributed by atoms with E-state index in [1.807, 2.05) is 19.2 Å². The second kappa shape index (κ2) is 9.94. The highest BCUT2D eigenvalue weighted by molar-refractivity contribution is 5.83. The fourth-order valence-electron chi connectivity index (χ4n) is 2.25. The lowest BCUT2D eigenvalue weighted by Gasteiger charge is -2.19. The molecule has 0 bridgehead atoms. The number of nitrogens with one attached hydrogen (secondary N) is 1. The van der Waals surface area contributed by atoms with Crippen LogP contribution in [-0.2, 0) is 16.0 Å².